The van der Waals surface area contributed by atoms with Gasteiger partial charge in [0.25, 0.3) is 5.91 Å². The highest BCUT2D eigenvalue weighted by atomic mass is 16.2. The zero-order chi connectivity index (χ0) is 16.0. The van der Waals surface area contributed by atoms with Crippen molar-refractivity contribution in [3.8, 4) is 0 Å². The monoisotopic (exact) mass is 313 g/mol. The summed E-state index contributed by atoms with van der Waals surface area (Å²) in [6.07, 6.45) is 5.15. The molecule has 2 aliphatic rings. The minimum absolute atomic E-state index is 0.0888. The third-order valence-electron chi connectivity index (χ3n) is 5.52. The number of fused-ring (bicyclic) bond motifs is 1. The maximum Gasteiger partial charge on any atom is 0.257 e. The minimum atomic E-state index is 0.0888. The second-order valence-electron chi connectivity index (χ2n) is 7.03. The lowest BCUT2D eigenvalue weighted by atomic mass is 9.78. The molecule has 0 aromatic carbocycles. The van der Waals surface area contributed by atoms with Crippen molar-refractivity contribution in [2.45, 2.75) is 33.1 Å². The highest BCUT2D eigenvalue weighted by Gasteiger charge is 2.38. The second-order valence-corrected chi connectivity index (χ2v) is 7.03. The molecule has 0 aliphatic carbocycles. The van der Waals surface area contributed by atoms with E-state index in [1.807, 2.05) is 24.8 Å². The quantitative estimate of drug-likeness (QED) is 0.868. The Hall–Kier alpha value is -1.95. The number of piperidine rings is 1. The van der Waals surface area contributed by atoms with Crippen molar-refractivity contribution >= 4 is 11.6 Å². The van der Waals surface area contributed by atoms with Crippen molar-refractivity contribution in [2.24, 2.45) is 5.41 Å². The van der Waals surface area contributed by atoms with Gasteiger partial charge in [-0.2, -0.15) is 5.10 Å². The summed E-state index contributed by atoms with van der Waals surface area (Å²) >= 11 is 0. The van der Waals surface area contributed by atoms with Crippen molar-refractivity contribution < 1.29 is 4.79 Å². The Morgan fingerprint density at radius 1 is 1.26 bits per heavy atom. The predicted octanol–water partition coefficient (Wildman–Crippen LogP) is 1.56. The summed E-state index contributed by atoms with van der Waals surface area (Å²) in [6, 6.07) is 1.93. The van der Waals surface area contributed by atoms with E-state index < -0.39 is 0 Å². The van der Waals surface area contributed by atoms with E-state index in [0.29, 0.717) is 11.0 Å². The fourth-order valence-electron chi connectivity index (χ4n) is 3.95. The molecule has 2 fully saturated rings. The van der Waals surface area contributed by atoms with Gasteiger partial charge in [0.15, 0.2) is 5.65 Å². The third kappa shape index (κ3) is 2.41. The molecular weight excluding hydrogens is 290 g/mol. The van der Waals surface area contributed by atoms with Gasteiger partial charge in [-0.1, -0.05) is 0 Å². The number of nitrogens with zero attached hydrogens (tertiary/aromatic N) is 4. The van der Waals surface area contributed by atoms with Gasteiger partial charge in [-0.25, -0.2) is 9.50 Å². The molecule has 1 amide bonds. The number of aromatic nitrogens is 3. The lowest BCUT2D eigenvalue weighted by Gasteiger charge is -2.39. The van der Waals surface area contributed by atoms with Gasteiger partial charge in [0.2, 0.25) is 0 Å². The normalized spacial score (nSPS) is 20.5. The molecule has 2 aromatic rings. The van der Waals surface area contributed by atoms with Crippen LogP contribution in [0.25, 0.3) is 5.65 Å². The zero-order valence-corrected chi connectivity index (χ0v) is 13.8. The Morgan fingerprint density at radius 2 is 2.04 bits per heavy atom. The lowest BCUT2D eigenvalue weighted by Crippen LogP contribution is -2.44. The van der Waals surface area contributed by atoms with Crippen molar-refractivity contribution in [3.63, 3.8) is 0 Å². The summed E-state index contributed by atoms with van der Waals surface area (Å²) < 4.78 is 1.77. The first kappa shape index (κ1) is 14.6. The van der Waals surface area contributed by atoms with E-state index >= 15 is 0 Å². The Kier molecular flexibility index (Phi) is 3.37. The summed E-state index contributed by atoms with van der Waals surface area (Å²) in [7, 11) is 0. The summed E-state index contributed by atoms with van der Waals surface area (Å²) in [5.41, 5.74) is 3.68. The molecule has 4 heterocycles. The Bertz CT molecular complexity index is 750. The number of hydrogen-bond donors (Lipinski definition) is 1. The average Bonchev–Trinajstić information content (AvgIpc) is 3.15. The SMILES string of the molecule is Cc1cc2ncc(C(=O)N3CCC4(CCNC4)CC3)c(C)n2n1. The lowest BCUT2D eigenvalue weighted by molar-refractivity contribution is 0.0606. The highest BCUT2D eigenvalue weighted by molar-refractivity contribution is 5.95. The zero-order valence-electron chi connectivity index (χ0n) is 13.8. The van der Waals surface area contributed by atoms with Gasteiger partial charge in [-0.15, -0.1) is 0 Å². The molecule has 1 spiro atoms. The maximum absolute atomic E-state index is 12.9. The van der Waals surface area contributed by atoms with Crippen LogP contribution in [-0.4, -0.2) is 51.6 Å². The molecule has 0 saturated carbocycles. The Morgan fingerprint density at radius 3 is 2.74 bits per heavy atom. The van der Waals surface area contributed by atoms with Crippen LogP contribution >= 0.6 is 0 Å². The first-order chi connectivity index (χ1) is 11.1. The maximum atomic E-state index is 12.9. The van der Waals surface area contributed by atoms with E-state index in [4.69, 9.17) is 0 Å². The molecule has 0 bridgehead atoms. The summed E-state index contributed by atoms with van der Waals surface area (Å²) in [6.45, 7) is 7.79. The van der Waals surface area contributed by atoms with Crippen molar-refractivity contribution in [2.75, 3.05) is 26.2 Å². The van der Waals surface area contributed by atoms with E-state index in [1.54, 1.807) is 10.7 Å². The van der Waals surface area contributed by atoms with Crippen LogP contribution in [0.5, 0.6) is 0 Å². The van der Waals surface area contributed by atoms with Gasteiger partial charge in [-0.3, -0.25) is 4.79 Å². The number of aryl methyl sites for hydroxylation is 2. The van der Waals surface area contributed by atoms with Gasteiger partial charge in [0.05, 0.1) is 17.0 Å². The van der Waals surface area contributed by atoms with Gasteiger partial charge >= 0.3 is 0 Å². The smallest absolute Gasteiger partial charge is 0.257 e. The predicted molar refractivity (Wildman–Crippen MR) is 87.5 cm³/mol. The van der Waals surface area contributed by atoms with Crippen molar-refractivity contribution in [3.05, 3.63) is 29.2 Å². The Balaban J connectivity index is 1.56. The van der Waals surface area contributed by atoms with E-state index in [2.05, 4.69) is 15.4 Å². The summed E-state index contributed by atoms with van der Waals surface area (Å²) in [5.74, 6) is 0.0888. The summed E-state index contributed by atoms with van der Waals surface area (Å²) in [4.78, 5) is 19.3. The van der Waals surface area contributed by atoms with Crippen LogP contribution < -0.4 is 5.32 Å². The number of nitrogens with one attached hydrogen (secondary N) is 1. The number of likely N-dealkylation sites (tertiary alicyclic amines) is 1. The molecule has 2 saturated heterocycles. The van der Waals surface area contributed by atoms with Gasteiger partial charge < -0.3 is 10.2 Å². The molecule has 23 heavy (non-hydrogen) atoms. The molecule has 1 N–H and O–H groups in total. The van der Waals surface area contributed by atoms with E-state index in [-0.39, 0.29) is 5.91 Å². The van der Waals surface area contributed by atoms with Crippen molar-refractivity contribution in [1.82, 2.24) is 24.8 Å². The van der Waals surface area contributed by atoms with E-state index in [0.717, 1.165) is 56.1 Å². The molecule has 4 rings (SSSR count). The van der Waals surface area contributed by atoms with Crippen LogP contribution in [0.3, 0.4) is 0 Å². The van der Waals surface area contributed by atoms with Crippen LogP contribution in [0.2, 0.25) is 0 Å². The molecule has 2 aliphatic heterocycles. The molecule has 0 unspecified atom stereocenters. The summed E-state index contributed by atoms with van der Waals surface area (Å²) in [5, 5.41) is 7.90. The fraction of sp³-hybridized carbons (Fsp3) is 0.588. The van der Waals surface area contributed by atoms with Gasteiger partial charge in [-0.05, 0) is 45.1 Å². The molecule has 6 nitrogen and oxygen atoms in total. The standard InChI is InChI=1S/C17H23N5O/c1-12-9-15-19-10-14(13(2)22(15)20-12)16(23)21-7-4-17(5-8-21)3-6-18-11-17/h9-10,18H,3-8,11H2,1-2H3. The van der Waals surface area contributed by atoms with E-state index in [1.165, 1.54) is 6.42 Å². The van der Waals surface area contributed by atoms with Crippen LogP contribution in [-0.2, 0) is 0 Å². The number of carbonyl (C=O) groups is 1. The molecule has 122 valence electrons. The van der Waals surface area contributed by atoms with Gasteiger partial charge in [0.1, 0.15) is 0 Å². The fourth-order valence-corrected chi connectivity index (χ4v) is 3.95. The average molecular weight is 313 g/mol. The molecule has 2 aromatic heterocycles. The Labute approximate surface area is 135 Å². The van der Waals surface area contributed by atoms with Gasteiger partial charge in [0, 0.05) is 31.9 Å². The molecular formula is C17H23N5O. The topological polar surface area (TPSA) is 62.5 Å². The molecule has 0 radical (unpaired) electrons. The van der Waals surface area contributed by atoms with Crippen LogP contribution in [0, 0.1) is 19.3 Å². The second kappa shape index (κ2) is 5.30. The number of hydrogen-bond acceptors (Lipinski definition) is 4. The van der Waals surface area contributed by atoms with E-state index in [9.17, 15) is 4.79 Å². The number of amides is 1. The first-order valence-corrected chi connectivity index (χ1v) is 8.40. The molecule has 6 heteroatoms. The molecule has 0 atom stereocenters. The number of rotatable bonds is 1. The van der Waals surface area contributed by atoms with Crippen LogP contribution in [0.1, 0.15) is 41.0 Å². The third-order valence-corrected chi connectivity index (χ3v) is 5.52. The van der Waals surface area contributed by atoms with Crippen LogP contribution in [0.4, 0.5) is 0 Å². The first-order valence-electron chi connectivity index (χ1n) is 8.40. The largest absolute Gasteiger partial charge is 0.339 e. The number of carbonyl (C=O) groups excluding carboxylic acids is 1. The van der Waals surface area contributed by atoms with Crippen molar-refractivity contribution in [1.29, 1.82) is 0 Å². The highest BCUT2D eigenvalue weighted by Crippen LogP contribution is 2.37. The minimum Gasteiger partial charge on any atom is -0.339 e. The van der Waals surface area contributed by atoms with Crippen LogP contribution in [0.15, 0.2) is 12.3 Å².